The molecule has 9 heteroatoms. The van der Waals surface area contributed by atoms with Crippen molar-refractivity contribution in [3.05, 3.63) is 28.2 Å². The van der Waals surface area contributed by atoms with Crippen LogP contribution in [0.15, 0.2) is 23.2 Å². The van der Waals surface area contributed by atoms with Gasteiger partial charge in [-0.15, -0.1) is 24.0 Å². The second-order valence-electron chi connectivity index (χ2n) is 6.82. The Labute approximate surface area is 200 Å². The summed E-state index contributed by atoms with van der Waals surface area (Å²) >= 11 is 12.0. The van der Waals surface area contributed by atoms with Gasteiger partial charge in [-0.1, -0.05) is 23.2 Å². The van der Waals surface area contributed by atoms with Gasteiger partial charge in [0.15, 0.2) is 5.96 Å². The molecule has 1 aliphatic rings. The Bertz CT molecular complexity index is 668. The minimum atomic E-state index is 0. The summed E-state index contributed by atoms with van der Waals surface area (Å²) in [5, 5.41) is 7.18. The van der Waals surface area contributed by atoms with Crippen LogP contribution >= 0.6 is 47.2 Å². The highest BCUT2D eigenvalue weighted by Gasteiger charge is 2.22. The van der Waals surface area contributed by atoms with Crippen LogP contribution in [0.3, 0.4) is 0 Å². The molecule has 2 N–H and O–H groups in total. The van der Waals surface area contributed by atoms with Gasteiger partial charge in [-0.25, -0.2) is 0 Å². The van der Waals surface area contributed by atoms with E-state index in [1.54, 1.807) is 25.2 Å². The number of likely N-dealkylation sites (tertiary alicyclic amines) is 1. The standard InChI is InChI=1S/C20H30Cl2N4O2.HI/c1-3-24-20(26-10-7-15(8-11-26)13-19(27)23-2)25-9-4-12-28-18-6-5-16(21)14-17(18)22;/h5-6,14-15H,3-4,7-13H2,1-2H3,(H,23,27)(H,24,25);1H. The average Bonchev–Trinajstić information content (AvgIpc) is 2.69. The first-order valence-corrected chi connectivity index (χ1v) is 10.6. The molecule has 0 bridgehead atoms. The van der Waals surface area contributed by atoms with E-state index in [1.165, 1.54) is 0 Å². The molecular weight excluding hydrogens is 526 g/mol. The van der Waals surface area contributed by atoms with Gasteiger partial charge in [-0.05, 0) is 43.9 Å². The Kier molecular flexibility index (Phi) is 12.7. The van der Waals surface area contributed by atoms with Crippen LogP contribution in [0.5, 0.6) is 5.75 Å². The van der Waals surface area contributed by atoms with Gasteiger partial charge < -0.3 is 20.3 Å². The van der Waals surface area contributed by atoms with Gasteiger partial charge in [0.1, 0.15) is 5.75 Å². The van der Waals surface area contributed by atoms with Crippen molar-refractivity contribution in [2.24, 2.45) is 10.9 Å². The number of piperidine rings is 1. The smallest absolute Gasteiger partial charge is 0.220 e. The number of aliphatic imine (C=N–C) groups is 1. The molecule has 1 amide bonds. The Morgan fingerprint density at radius 1 is 1.31 bits per heavy atom. The number of hydrogen-bond donors (Lipinski definition) is 2. The number of nitrogens with one attached hydrogen (secondary N) is 2. The van der Waals surface area contributed by atoms with Gasteiger partial charge in [0.25, 0.3) is 0 Å². The lowest BCUT2D eigenvalue weighted by atomic mass is 9.93. The molecule has 6 nitrogen and oxygen atoms in total. The minimum Gasteiger partial charge on any atom is -0.492 e. The quantitative estimate of drug-likeness (QED) is 0.218. The van der Waals surface area contributed by atoms with Crippen molar-refractivity contribution in [1.82, 2.24) is 15.5 Å². The van der Waals surface area contributed by atoms with Crippen LogP contribution in [0.1, 0.15) is 32.6 Å². The summed E-state index contributed by atoms with van der Waals surface area (Å²) in [6.07, 6.45) is 3.43. The SMILES string of the molecule is CCNC(=NCCCOc1ccc(Cl)cc1Cl)N1CCC(CC(=O)NC)CC1.I. The highest BCUT2D eigenvalue weighted by Crippen LogP contribution is 2.27. The Morgan fingerprint density at radius 3 is 2.66 bits per heavy atom. The molecule has 0 unspecified atom stereocenters. The zero-order valence-electron chi connectivity index (χ0n) is 17.0. The molecule has 2 rings (SSSR count). The number of carbonyl (C=O) groups is 1. The third-order valence-corrected chi connectivity index (χ3v) is 5.25. The van der Waals surface area contributed by atoms with Crippen LogP contribution in [0.25, 0.3) is 0 Å². The largest absolute Gasteiger partial charge is 0.492 e. The summed E-state index contributed by atoms with van der Waals surface area (Å²) in [5.41, 5.74) is 0. The number of rotatable bonds is 8. The maximum Gasteiger partial charge on any atom is 0.220 e. The molecule has 1 fully saturated rings. The van der Waals surface area contributed by atoms with Crippen molar-refractivity contribution in [1.29, 1.82) is 0 Å². The topological polar surface area (TPSA) is 66.0 Å². The van der Waals surface area contributed by atoms with Gasteiger partial charge in [0.05, 0.1) is 11.6 Å². The first kappa shape index (κ1) is 26.1. The van der Waals surface area contributed by atoms with Crippen LogP contribution in [0.4, 0.5) is 0 Å². The molecule has 1 saturated heterocycles. The van der Waals surface area contributed by atoms with Crippen LogP contribution < -0.4 is 15.4 Å². The first-order valence-electron chi connectivity index (χ1n) is 9.85. The molecule has 29 heavy (non-hydrogen) atoms. The average molecular weight is 557 g/mol. The van der Waals surface area contributed by atoms with Crippen LogP contribution in [0, 0.1) is 5.92 Å². The molecular formula is C20H31Cl2IN4O2. The molecule has 1 aliphatic heterocycles. The zero-order valence-corrected chi connectivity index (χ0v) is 20.9. The zero-order chi connectivity index (χ0) is 20.4. The molecule has 0 atom stereocenters. The van der Waals surface area contributed by atoms with Crippen molar-refractivity contribution in [2.45, 2.75) is 32.6 Å². The molecule has 1 aromatic rings. The van der Waals surface area contributed by atoms with Crippen molar-refractivity contribution in [2.75, 3.05) is 39.8 Å². The van der Waals surface area contributed by atoms with Gasteiger partial charge in [0, 0.05) is 51.1 Å². The highest BCUT2D eigenvalue weighted by atomic mass is 127. The maximum atomic E-state index is 11.6. The number of guanidine groups is 1. The fourth-order valence-corrected chi connectivity index (χ4v) is 3.63. The number of carbonyl (C=O) groups excluding carboxylic acids is 1. The highest BCUT2D eigenvalue weighted by molar-refractivity contribution is 14.0. The molecule has 0 aromatic heterocycles. The predicted molar refractivity (Wildman–Crippen MR) is 131 cm³/mol. The third kappa shape index (κ3) is 9.17. The van der Waals surface area contributed by atoms with E-state index in [4.69, 9.17) is 32.9 Å². The Balaban J connectivity index is 0.00000420. The van der Waals surface area contributed by atoms with E-state index in [2.05, 4.69) is 22.5 Å². The molecule has 1 heterocycles. The summed E-state index contributed by atoms with van der Waals surface area (Å²) in [6.45, 7) is 5.95. The number of halogens is 3. The lowest BCUT2D eigenvalue weighted by Crippen LogP contribution is -2.46. The van der Waals surface area contributed by atoms with E-state index in [0.29, 0.717) is 41.3 Å². The fraction of sp³-hybridized carbons (Fsp3) is 0.600. The molecule has 0 saturated carbocycles. The van der Waals surface area contributed by atoms with Crippen LogP contribution in [0.2, 0.25) is 10.0 Å². The van der Waals surface area contributed by atoms with Gasteiger partial charge in [0.2, 0.25) is 5.91 Å². The van der Waals surface area contributed by atoms with Gasteiger partial charge in [-0.3, -0.25) is 9.79 Å². The summed E-state index contributed by atoms with van der Waals surface area (Å²) in [4.78, 5) is 18.6. The molecule has 0 aliphatic carbocycles. The summed E-state index contributed by atoms with van der Waals surface area (Å²) in [5.74, 6) is 2.15. The Morgan fingerprint density at radius 2 is 2.03 bits per heavy atom. The van der Waals surface area contributed by atoms with Crippen LogP contribution in [-0.4, -0.2) is 56.6 Å². The second kappa shape index (κ2) is 14.1. The lowest BCUT2D eigenvalue weighted by molar-refractivity contribution is -0.121. The van der Waals surface area contributed by atoms with Gasteiger partial charge in [-0.2, -0.15) is 0 Å². The summed E-state index contributed by atoms with van der Waals surface area (Å²) < 4.78 is 5.71. The van der Waals surface area contributed by atoms with Crippen molar-refractivity contribution in [3.63, 3.8) is 0 Å². The number of hydrogen-bond acceptors (Lipinski definition) is 3. The minimum absolute atomic E-state index is 0. The Hall–Kier alpha value is -0.930. The lowest BCUT2D eigenvalue weighted by Gasteiger charge is -2.34. The first-order chi connectivity index (χ1) is 13.5. The monoisotopic (exact) mass is 556 g/mol. The van der Waals surface area contributed by atoms with Crippen molar-refractivity contribution in [3.8, 4) is 5.75 Å². The van der Waals surface area contributed by atoms with Gasteiger partial charge >= 0.3 is 0 Å². The maximum absolute atomic E-state index is 11.6. The molecule has 0 radical (unpaired) electrons. The van der Waals surface area contributed by atoms with E-state index in [-0.39, 0.29) is 29.9 Å². The number of nitrogens with zero attached hydrogens (tertiary/aromatic N) is 2. The molecule has 1 aromatic carbocycles. The fourth-order valence-electron chi connectivity index (χ4n) is 3.16. The number of amides is 1. The summed E-state index contributed by atoms with van der Waals surface area (Å²) in [7, 11) is 1.69. The normalized spacial score (nSPS) is 14.9. The van der Waals surface area contributed by atoms with E-state index >= 15 is 0 Å². The van der Waals surface area contributed by atoms with Crippen molar-refractivity contribution >= 4 is 59.0 Å². The molecule has 0 spiro atoms. The predicted octanol–water partition coefficient (Wildman–Crippen LogP) is 4.19. The molecule has 164 valence electrons. The van der Waals surface area contributed by atoms with Crippen molar-refractivity contribution < 1.29 is 9.53 Å². The van der Waals surface area contributed by atoms with Crippen LogP contribution in [-0.2, 0) is 4.79 Å². The van der Waals surface area contributed by atoms with E-state index in [9.17, 15) is 4.79 Å². The van der Waals surface area contributed by atoms with E-state index in [0.717, 1.165) is 44.9 Å². The summed E-state index contributed by atoms with van der Waals surface area (Å²) in [6, 6.07) is 5.21. The number of benzene rings is 1. The van der Waals surface area contributed by atoms with E-state index < -0.39 is 0 Å². The third-order valence-electron chi connectivity index (χ3n) is 4.72. The van der Waals surface area contributed by atoms with E-state index in [1.807, 2.05) is 0 Å². The second-order valence-corrected chi connectivity index (χ2v) is 7.66. The number of ether oxygens (including phenoxy) is 1.